The Kier molecular flexibility index (Phi) is 10.2. The highest BCUT2D eigenvalue weighted by molar-refractivity contribution is 14.0. The standard InChI is InChI=1S/C15H25N3O.HI/c1-5-12(3)18-15(16-4)17-11-13-8-7-9-14(10-13)19-6-2;/h7-10,12H,5-6,11H2,1-4H3,(H2,16,17,18);1H. The van der Waals surface area contributed by atoms with Gasteiger partial charge in [0.15, 0.2) is 5.96 Å². The van der Waals surface area contributed by atoms with Crippen LogP contribution < -0.4 is 15.4 Å². The van der Waals surface area contributed by atoms with Crippen LogP contribution in [0.2, 0.25) is 0 Å². The van der Waals surface area contributed by atoms with Crippen LogP contribution in [0, 0.1) is 0 Å². The zero-order valence-electron chi connectivity index (χ0n) is 12.8. The zero-order valence-corrected chi connectivity index (χ0v) is 15.1. The zero-order chi connectivity index (χ0) is 14.1. The molecule has 20 heavy (non-hydrogen) atoms. The van der Waals surface area contributed by atoms with Gasteiger partial charge in [-0.2, -0.15) is 0 Å². The van der Waals surface area contributed by atoms with Gasteiger partial charge in [-0.05, 0) is 38.0 Å². The molecule has 1 aromatic carbocycles. The summed E-state index contributed by atoms with van der Waals surface area (Å²) in [4.78, 5) is 4.21. The van der Waals surface area contributed by atoms with Crippen LogP contribution in [-0.2, 0) is 6.54 Å². The fourth-order valence-corrected chi connectivity index (χ4v) is 1.63. The Balaban J connectivity index is 0.00000361. The molecule has 1 unspecified atom stereocenters. The van der Waals surface area contributed by atoms with Gasteiger partial charge in [0.1, 0.15) is 5.75 Å². The fraction of sp³-hybridized carbons (Fsp3) is 0.533. The Morgan fingerprint density at radius 3 is 2.70 bits per heavy atom. The van der Waals surface area contributed by atoms with Gasteiger partial charge in [0, 0.05) is 19.6 Å². The Morgan fingerprint density at radius 1 is 1.35 bits per heavy atom. The van der Waals surface area contributed by atoms with E-state index in [1.807, 2.05) is 25.1 Å². The Hall–Kier alpha value is -0.980. The summed E-state index contributed by atoms with van der Waals surface area (Å²) in [6.07, 6.45) is 1.07. The second-order valence-corrected chi connectivity index (χ2v) is 4.46. The summed E-state index contributed by atoms with van der Waals surface area (Å²) >= 11 is 0. The third-order valence-corrected chi connectivity index (χ3v) is 2.89. The molecule has 0 heterocycles. The van der Waals surface area contributed by atoms with Crippen molar-refractivity contribution < 1.29 is 4.74 Å². The second-order valence-electron chi connectivity index (χ2n) is 4.46. The predicted molar refractivity (Wildman–Crippen MR) is 96.1 cm³/mol. The van der Waals surface area contributed by atoms with Crippen LogP contribution in [0.25, 0.3) is 0 Å². The van der Waals surface area contributed by atoms with E-state index in [9.17, 15) is 0 Å². The number of guanidine groups is 1. The van der Waals surface area contributed by atoms with Gasteiger partial charge in [0.05, 0.1) is 6.61 Å². The molecule has 0 amide bonds. The molecule has 0 radical (unpaired) electrons. The highest BCUT2D eigenvalue weighted by Crippen LogP contribution is 2.12. The van der Waals surface area contributed by atoms with Crippen molar-refractivity contribution in [1.82, 2.24) is 10.6 Å². The number of aliphatic imine (C=N–C) groups is 1. The molecule has 114 valence electrons. The Labute approximate surface area is 139 Å². The van der Waals surface area contributed by atoms with Crippen molar-refractivity contribution in [2.24, 2.45) is 4.99 Å². The smallest absolute Gasteiger partial charge is 0.191 e. The summed E-state index contributed by atoms with van der Waals surface area (Å²) in [6.45, 7) is 7.70. The van der Waals surface area contributed by atoms with Crippen molar-refractivity contribution in [3.63, 3.8) is 0 Å². The van der Waals surface area contributed by atoms with Gasteiger partial charge in [-0.25, -0.2) is 0 Å². The van der Waals surface area contributed by atoms with Crippen LogP contribution in [0.4, 0.5) is 0 Å². The summed E-state index contributed by atoms with van der Waals surface area (Å²) in [5.74, 6) is 1.74. The molecular formula is C15H26IN3O. The van der Waals surface area contributed by atoms with Crippen LogP contribution in [-0.4, -0.2) is 25.7 Å². The quantitative estimate of drug-likeness (QED) is 0.445. The highest BCUT2D eigenvalue weighted by Gasteiger charge is 2.03. The van der Waals surface area contributed by atoms with E-state index < -0.39 is 0 Å². The second kappa shape index (κ2) is 10.8. The maximum absolute atomic E-state index is 5.49. The highest BCUT2D eigenvalue weighted by atomic mass is 127. The first-order valence-electron chi connectivity index (χ1n) is 6.88. The molecule has 1 rings (SSSR count). The topological polar surface area (TPSA) is 45.6 Å². The Morgan fingerprint density at radius 2 is 2.10 bits per heavy atom. The minimum atomic E-state index is 0. The molecule has 4 nitrogen and oxygen atoms in total. The van der Waals surface area contributed by atoms with Crippen LogP contribution in [0.1, 0.15) is 32.8 Å². The molecule has 0 aliphatic carbocycles. The molecule has 2 N–H and O–H groups in total. The van der Waals surface area contributed by atoms with Gasteiger partial charge in [-0.3, -0.25) is 4.99 Å². The number of nitrogens with one attached hydrogen (secondary N) is 2. The van der Waals surface area contributed by atoms with E-state index in [1.165, 1.54) is 5.56 Å². The van der Waals surface area contributed by atoms with E-state index in [0.29, 0.717) is 12.6 Å². The van der Waals surface area contributed by atoms with Gasteiger partial charge in [-0.1, -0.05) is 19.1 Å². The minimum absolute atomic E-state index is 0. The van der Waals surface area contributed by atoms with Crippen LogP contribution >= 0.6 is 24.0 Å². The number of halogens is 1. The molecule has 1 atom stereocenters. The molecule has 5 heteroatoms. The van der Waals surface area contributed by atoms with Gasteiger partial charge < -0.3 is 15.4 Å². The average molecular weight is 391 g/mol. The van der Waals surface area contributed by atoms with Crippen LogP contribution in [0.3, 0.4) is 0 Å². The van der Waals surface area contributed by atoms with Crippen molar-refractivity contribution >= 4 is 29.9 Å². The largest absolute Gasteiger partial charge is 0.494 e. The lowest BCUT2D eigenvalue weighted by atomic mass is 10.2. The molecule has 0 aliphatic rings. The van der Waals surface area contributed by atoms with E-state index in [1.54, 1.807) is 7.05 Å². The van der Waals surface area contributed by atoms with Gasteiger partial charge in [0.2, 0.25) is 0 Å². The molecule has 0 aliphatic heterocycles. The summed E-state index contributed by atoms with van der Waals surface area (Å²) < 4.78 is 5.49. The van der Waals surface area contributed by atoms with Crippen molar-refractivity contribution in [1.29, 1.82) is 0 Å². The lowest BCUT2D eigenvalue weighted by Gasteiger charge is -2.16. The molecule has 0 saturated carbocycles. The van der Waals surface area contributed by atoms with Crippen LogP contribution in [0.15, 0.2) is 29.3 Å². The lowest BCUT2D eigenvalue weighted by Crippen LogP contribution is -2.41. The third kappa shape index (κ3) is 6.98. The molecule has 0 spiro atoms. The van der Waals surface area contributed by atoms with E-state index >= 15 is 0 Å². The van der Waals surface area contributed by atoms with Crippen molar-refractivity contribution in [3.05, 3.63) is 29.8 Å². The molecule has 0 aromatic heterocycles. The molecular weight excluding hydrogens is 365 g/mol. The van der Waals surface area contributed by atoms with Crippen molar-refractivity contribution in [2.45, 2.75) is 39.8 Å². The third-order valence-electron chi connectivity index (χ3n) is 2.89. The number of rotatable bonds is 6. The summed E-state index contributed by atoms with van der Waals surface area (Å²) in [5, 5.41) is 6.64. The first-order valence-corrected chi connectivity index (χ1v) is 6.88. The SMILES string of the molecule is CCOc1cccc(CNC(=NC)NC(C)CC)c1.I. The molecule has 0 saturated heterocycles. The maximum atomic E-state index is 5.49. The number of nitrogens with zero attached hydrogens (tertiary/aromatic N) is 1. The van der Waals surface area contributed by atoms with E-state index in [2.05, 4.69) is 35.5 Å². The lowest BCUT2D eigenvalue weighted by molar-refractivity contribution is 0.340. The van der Waals surface area contributed by atoms with E-state index in [-0.39, 0.29) is 24.0 Å². The van der Waals surface area contributed by atoms with E-state index in [0.717, 1.165) is 24.7 Å². The molecule has 0 bridgehead atoms. The number of benzene rings is 1. The normalized spacial score (nSPS) is 12.3. The summed E-state index contributed by atoms with van der Waals surface area (Å²) in [6, 6.07) is 8.52. The average Bonchev–Trinajstić information content (AvgIpc) is 2.44. The van der Waals surface area contributed by atoms with Crippen LogP contribution in [0.5, 0.6) is 5.75 Å². The van der Waals surface area contributed by atoms with E-state index in [4.69, 9.17) is 4.74 Å². The minimum Gasteiger partial charge on any atom is -0.494 e. The first kappa shape index (κ1) is 19.0. The molecule has 1 aromatic rings. The monoisotopic (exact) mass is 391 g/mol. The maximum Gasteiger partial charge on any atom is 0.191 e. The number of hydrogen-bond donors (Lipinski definition) is 2. The van der Waals surface area contributed by atoms with Crippen molar-refractivity contribution in [3.8, 4) is 5.75 Å². The number of ether oxygens (including phenoxy) is 1. The predicted octanol–water partition coefficient (Wildman–Crippen LogP) is 3.17. The van der Waals surface area contributed by atoms with Gasteiger partial charge in [0.25, 0.3) is 0 Å². The first-order chi connectivity index (χ1) is 9.19. The van der Waals surface area contributed by atoms with Gasteiger partial charge >= 0.3 is 0 Å². The Bertz CT molecular complexity index is 410. The fourth-order valence-electron chi connectivity index (χ4n) is 1.63. The molecule has 0 fully saturated rings. The number of hydrogen-bond acceptors (Lipinski definition) is 2. The van der Waals surface area contributed by atoms with Gasteiger partial charge in [-0.15, -0.1) is 24.0 Å². The summed E-state index contributed by atoms with van der Waals surface area (Å²) in [5.41, 5.74) is 1.18. The van der Waals surface area contributed by atoms with Crippen molar-refractivity contribution in [2.75, 3.05) is 13.7 Å². The summed E-state index contributed by atoms with van der Waals surface area (Å²) in [7, 11) is 1.79.